The fraction of sp³-hybridized carbons (Fsp3) is 0.438. The minimum Gasteiger partial charge on any atom is -0.497 e. The van der Waals surface area contributed by atoms with Crippen molar-refractivity contribution in [3.05, 3.63) is 42.0 Å². The largest absolute Gasteiger partial charge is 0.497 e. The molecule has 0 amide bonds. The normalized spacial score (nSPS) is 17.1. The number of aryl methyl sites for hydroxylation is 1. The molecular weight excluding hydrogens is 328 g/mol. The first kappa shape index (κ1) is 16.9. The van der Waals surface area contributed by atoms with Crippen LogP contribution in [0.1, 0.15) is 11.5 Å². The predicted octanol–water partition coefficient (Wildman–Crippen LogP) is 1.23. The van der Waals surface area contributed by atoms with Crippen LogP contribution in [-0.4, -0.2) is 60.9 Å². The highest BCUT2D eigenvalue weighted by atomic mass is 32.2. The highest BCUT2D eigenvalue weighted by Crippen LogP contribution is 2.21. The van der Waals surface area contributed by atoms with Crippen molar-refractivity contribution < 1.29 is 13.2 Å². The summed E-state index contributed by atoms with van der Waals surface area (Å²) in [7, 11) is -1.89. The average molecular weight is 350 g/mol. The summed E-state index contributed by atoms with van der Waals surface area (Å²) in [6, 6.07) is 6.52. The standard InChI is InChI=1S/C16H22N4O3S/c1-13-17-11-14(18-13)12-19-7-9-20(10-8-19)24(21,22)16-5-3-15(23-2)4-6-16/h3-6,11H,7-10,12H2,1-2H3,(H,17,18). The van der Waals surface area contributed by atoms with Gasteiger partial charge in [-0.1, -0.05) is 0 Å². The van der Waals surface area contributed by atoms with Crippen LogP contribution in [0.25, 0.3) is 0 Å². The Morgan fingerprint density at radius 2 is 1.83 bits per heavy atom. The molecule has 1 fully saturated rings. The first-order valence-electron chi connectivity index (χ1n) is 7.86. The van der Waals surface area contributed by atoms with Gasteiger partial charge in [-0.3, -0.25) is 4.90 Å². The van der Waals surface area contributed by atoms with E-state index < -0.39 is 10.0 Å². The second-order valence-corrected chi connectivity index (χ2v) is 7.79. The van der Waals surface area contributed by atoms with Crippen LogP contribution >= 0.6 is 0 Å². The van der Waals surface area contributed by atoms with Crippen LogP contribution < -0.4 is 4.74 Å². The molecule has 0 saturated carbocycles. The van der Waals surface area contributed by atoms with Crippen LogP contribution in [0.5, 0.6) is 5.75 Å². The number of nitrogens with zero attached hydrogens (tertiary/aromatic N) is 3. The number of benzene rings is 1. The summed E-state index contributed by atoms with van der Waals surface area (Å²) in [4.78, 5) is 9.93. The predicted molar refractivity (Wildman–Crippen MR) is 90.4 cm³/mol. The van der Waals surface area contributed by atoms with Crippen molar-refractivity contribution in [2.75, 3.05) is 33.3 Å². The van der Waals surface area contributed by atoms with Crippen LogP contribution in [0.4, 0.5) is 0 Å². The Morgan fingerprint density at radius 1 is 1.17 bits per heavy atom. The molecule has 1 aromatic heterocycles. The number of rotatable bonds is 5. The maximum atomic E-state index is 12.7. The number of H-pyrrole nitrogens is 1. The van der Waals surface area contributed by atoms with E-state index in [0.717, 1.165) is 18.1 Å². The molecule has 0 spiro atoms. The zero-order valence-electron chi connectivity index (χ0n) is 13.9. The second-order valence-electron chi connectivity index (χ2n) is 5.85. The van der Waals surface area contributed by atoms with Crippen LogP contribution in [0.2, 0.25) is 0 Å². The molecular formula is C16H22N4O3S. The molecule has 0 atom stereocenters. The highest BCUT2D eigenvalue weighted by molar-refractivity contribution is 7.89. The Labute approximate surface area is 142 Å². The Kier molecular flexibility index (Phi) is 4.88. The molecule has 1 aliphatic rings. The number of methoxy groups -OCH3 is 1. The SMILES string of the molecule is COc1ccc(S(=O)(=O)N2CCN(Cc3cnc(C)[nH]3)CC2)cc1. The smallest absolute Gasteiger partial charge is 0.243 e. The molecule has 1 aliphatic heterocycles. The molecule has 0 unspecified atom stereocenters. The van der Waals surface area contributed by atoms with Crippen molar-refractivity contribution in [1.82, 2.24) is 19.2 Å². The first-order valence-corrected chi connectivity index (χ1v) is 9.30. The summed E-state index contributed by atoms with van der Waals surface area (Å²) >= 11 is 0. The lowest BCUT2D eigenvalue weighted by molar-refractivity contribution is 0.180. The van der Waals surface area contributed by atoms with Gasteiger partial charge in [0, 0.05) is 44.6 Å². The van der Waals surface area contributed by atoms with Gasteiger partial charge in [0.1, 0.15) is 11.6 Å². The van der Waals surface area contributed by atoms with Gasteiger partial charge in [0.15, 0.2) is 0 Å². The zero-order valence-corrected chi connectivity index (χ0v) is 14.7. The molecule has 2 heterocycles. The van der Waals surface area contributed by atoms with Gasteiger partial charge < -0.3 is 9.72 Å². The number of aromatic nitrogens is 2. The van der Waals surface area contributed by atoms with Gasteiger partial charge in [-0.15, -0.1) is 0 Å². The summed E-state index contributed by atoms with van der Waals surface area (Å²) in [6.45, 7) is 5.06. The molecule has 1 N–H and O–H groups in total. The Hall–Kier alpha value is -1.90. The van der Waals surface area contributed by atoms with E-state index >= 15 is 0 Å². The van der Waals surface area contributed by atoms with E-state index in [9.17, 15) is 8.42 Å². The number of nitrogens with one attached hydrogen (secondary N) is 1. The number of hydrogen-bond acceptors (Lipinski definition) is 5. The highest BCUT2D eigenvalue weighted by Gasteiger charge is 2.28. The number of piperazine rings is 1. The van der Waals surface area contributed by atoms with E-state index in [4.69, 9.17) is 4.74 Å². The average Bonchev–Trinajstić information content (AvgIpc) is 3.00. The fourth-order valence-corrected chi connectivity index (χ4v) is 4.24. The molecule has 1 aromatic carbocycles. The van der Waals surface area contributed by atoms with Crippen molar-refractivity contribution in [1.29, 1.82) is 0 Å². The quantitative estimate of drug-likeness (QED) is 0.878. The number of sulfonamides is 1. The van der Waals surface area contributed by atoms with Gasteiger partial charge in [-0.05, 0) is 31.2 Å². The zero-order chi connectivity index (χ0) is 17.2. The first-order chi connectivity index (χ1) is 11.5. The third kappa shape index (κ3) is 3.61. The maximum absolute atomic E-state index is 12.7. The van der Waals surface area contributed by atoms with Gasteiger partial charge in [0.05, 0.1) is 12.0 Å². The fourth-order valence-electron chi connectivity index (χ4n) is 2.82. The molecule has 3 rings (SSSR count). The minimum absolute atomic E-state index is 0.306. The summed E-state index contributed by atoms with van der Waals surface area (Å²) in [5, 5.41) is 0. The number of hydrogen-bond donors (Lipinski definition) is 1. The molecule has 0 radical (unpaired) electrons. The monoisotopic (exact) mass is 350 g/mol. The lowest BCUT2D eigenvalue weighted by atomic mass is 10.3. The molecule has 1 saturated heterocycles. The van der Waals surface area contributed by atoms with E-state index in [1.807, 2.05) is 13.1 Å². The van der Waals surface area contributed by atoms with Crippen LogP contribution in [0.3, 0.4) is 0 Å². The molecule has 0 aliphatic carbocycles. The summed E-state index contributed by atoms with van der Waals surface area (Å²) in [5.74, 6) is 1.54. The summed E-state index contributed by atoms with van der Waals surface area (Å²) in [5.41, 5.74) is 1.05. The van der Waals surface area contributed by atoms with Crippen molar-refractivity contribution in [3.8, 4) is 5.75 Å². The van der Waals surface area contributed by atoms with Crippen molar-refractivity contribution in [2.24, 2.45) is 0 Å². The lowest BCUT2D eigenvalue weighted by Gasteiger charge is -2.33. The van der Waals surface area contributed by atoms with Gasteiger partial charge in [0.25, 0.3) is 0 Å². The molecule has 130 valence electrons. The van der Waals surface area contributed by atoms with Crippen LogP contribution in [0.15, 0.2) is 35.4 Å². The molecule has 8 heteroatoms. The van der Waals surface area contributed by atoms with Crippen molar-refractivity contribution in [2.45, 2.75) is 18.4 Å². The van der Waals surface area contributed by atoms with E-state index in [1.165, 1.54) is 0 Å². The minimum atomic E-state index is -3.45. The topological polar surface area (TPSA) is 78.5 Å². The van der Waals surface area contributed by atoms with Crippen LogP contribution in [0, 0.1) is 6.92 Å². The third-order valence-corrected chi connectivity index (χ3v) is 6.09. The molecule has 2 aromatic rings. The number of aromatic amines is 1. The Balaban J connectivity index is 1.62. The van der Waals surface area contributed by atoms with Gasteiger partial charge in [-0.25, -0.2) is 13.4 Å². The van der Waals surface area contributed by atoms with Gasteiger partial charge in [0.2, 0.25) is 10.0 Å². The second kappa shape index (κ2) is 6.92. The van der Waals surface area contributed by atoms with E-state index in [2.05, 4.69) is 14.9 Å². The maximum Gasteiger partial charge on any atom is 0.243 e. The van der Waals surface area contributed by atoms with E-state index in [0.29, 0.717) is 36.8 Å². The summed E-state index contributed by atoms with van der Waals surface area (Å²) in [6.07, 6.45) is 1.83. The van der Waals surface area contributed by atoms with Crippen molar-refractivity contribution in [3.63, 3.8) is 0 Å². The third-order valence-electron chi connectivity index (χ3n) is 4.18. The van der Waals surface area contributed by atoms with Gasteiger partial charge in [-0.2, -0.15) is 4.31 Å². The van der Waals surface area contributed by atoms with Gasteiger partial charge >= 0.3 is 0 Å². The molecule has 24 heavy (non-hydrogen) atoms. The Bertz CT molecular complexity index is 778. The molecule has 0 bridgehead atoms. The lowest BCUT2D eigenvalue weighted by Crippen LogP contribution is -2.48. The number of imidazole rings is 1. The Morgan fingerprint density at radius 3 is 2.38 bits per heavy atom. The van der Waals surface area contributed by atoms with Crippen LogP contribution in [-0.2, 0) is 16.6 Å². The van der Waals surface area contributed by atoms with Crippen molar-refractivity contribution >= 4 is 10.0 Å². The van der Waals surface area contributed by atoms with E-state index in [-0.39, 0.29) is 0 Å². The number of ether oxygens (including phenoxy) is 1. The molecule has 7 nitrogen and oxygen atoms in total. The summed E-state index contributed by atoms with van der Waals surface area (Å²) < 4.78 is 32.0. The van der Waals surface area contributed by atoms with E-state index in [1.54, 1.807) is 35.7 Å².